The standard InChI is InChI=1S/C20H32O2/c1-8-16(11-10-15(4)21)17-12-14(3)13-18(20(5,6)7)19(17)22-9-2/h12-13,16H,8-11H2,1-7H3. The average Bonchev–Trinajstić information content (AvgIpc) is 2.40. The molecule has 124 valence electrons. The van der Waals surface area contributed by atoms with Crippen molar-refractivity contribution in [2.24, 2.45) is 0 Å². The summed E-state index contributed by atoms with van der Waals surface area (Å²) in [5.74, 6) is 1.68. The van der Waals surface area contributed by atoms with Gasteiger partial charge in [-0.15, -0.1) is 0 Å². The zero-order valence-electron chi connectivity index (χ0n) is 15.4. The molecule has 0 aliphatic rings. The summed E-state index contributed by atoms with van der Waals surface area (Å²) in [6, 6.07) is 4.49. The van der Waals surface area contributed by atoms with Gasteiger partial charge in [-0.2, -0.15) is 0 Å². The number of rotatable bonds is 7. The van der Waals surface area contributed by atoms with Crippen LogP contribution in [0.4, 0.5) is 0 Å². The highest BCUT2D eigenvalue weighted by molar-refractivity contribution is 5.75. The van der Waals surface area contributed by atoms with E-state index in [0.29, 0.717) is 18.9 Å². The number of benzene rings is 1. The van der Waals surface area contributed by atoms with Crippen LogP contribution in [0.2, 0.25) is 0 Å². The number of ketones is 1. The third-order valence-electron chi connectivity index (χ3n) is 4.14. The van der Waals surface area contributed by atoms with Crippen molar-refractivity contribution in [1.29, 1.82) is 0 Å². The van der Waals surface area contributed by atoms with Crippen molar-refractivity contribution in [1.82, 2.24) is 0 Å². The Labute approximate surface area is 136 Å². The summed E-state index contributed by atoms with van der Waals surface area (Å²) in [5.41, 5.74) is 3.86. The second-order valence-corrected chi connectivity index (χ2v) is 7.26. The molecule has 0 aliphatic carbocycles. The minimum atomic E-state index is 0.0458. The first-order valence-corrected chi connectivity index (χ1v) is 8.47. The van der Waals surface area contributed by atoms with E-state index in [1.54, 1.807) is 6.92 Å². The molecule has 0 aliphatic heterocycles. The van der Waals surface area contributed by atoms with Crippen LogP contribution in [0.15, 0.2) is 12.1 Å². The number of hydrogen-bond donors (Lipinski definition) is 0. The molecule has 1 rings (SSSR count). The lowest BCUT2D eigenvalue weighted by Crippen LogP contribution is -2.16. The van der Waals surface area contributed by atoms with Gasteiger partial charge in [-0.25, -0.2) is 0 Å². The van der Waals surface area contributed by atoms with Crippen LogP contribution in [0, 0.1) is 6.92 Å². The molecule has 2 nitrogen and oxygen atoms in total. The fraction of sp³-hybridized carbons (Fsp3) is 0.650. The Morgan fingerprint density at radius 1 is 1.23 bits per heavy atom. The molecule has 22 heavy (non-hydrogen) atoms. The molecule has 0 saturated carbocycles. The van der Waals surface area contributed by atoms with Crippen LogP contribution < -0.4 is 4.74 Å². The highest BCUT2D eigenvalue weighted by Gasteiger charge is 2.25. The summed E-state index contributed by atoms with van der Waals surface area (Å²) < 4.78 is 6.05. The first-order chi connectivity index (χ1) is 10.2. The minimum Gasteiger partial charge on any atom is -0.493 e. The SMILES string of the molecule is CCOc1c(C(CC)CCC(C)=O)cc(C)cc1C(C)(C)C. The van der Waals surface area contributed by atoms with Crippen molar-refractivity contribution < 1.29 is 9.53 Å². The number of hydrogen-bond acceptors (Lipinski definition) is 2. The summed E-state index contributed by atoms with van der Waals surface area (Å²) >= 11 is 0. The molecule has 2 heteroatoms. The lowest BCUT2D eigenvalue weighted by atomic mass is 9.80. The Hall–Kier alpha value is -1.31. The van der Waals surface area contributed by atoms with Crippen molar-refractivity contribution in [3.63, 3.8) is 0 Å². The summed E-state index contributed by atoms with van der Waals surface area (Å²) in [7, 11) is 0. The van der Waals surface area contributed by atoms with Crippen molar-refractivity contribution in [2.75, 3.05) is 6.61 Å². The molecule has 0 saturated heterocycles. The Balaban J connectivity index is 3.36. The van der Waals surface area contributed by atoms with Gasteiger partial charge in [0.1, 0.15) is 11.5 Å². The fourth-order valence-corrected chi connectivity index (χ4v) is 2.92. The molecule has 0 spiro atoms. The molecule has 1 aromatic carbocycles. The maximum Gasteiger partial charge on any atom is 0.129 e. The van der Waals surface area contributed by atoms with Gasteiger partial charge < -0.3 is 9.53 Å². The Morgan fingerprint density at radius 2 is 1.86 bits per heavy atom. The number of ether oxygens (including phenoxy) is 1. The van der Waals surface area contributed by atoms with Crippen molar-refractivity contribution in [2.45, 2.75) is 79.1 Å². The van der Waals surface area contributed by atoms with E-state index in [4.69, 9.17) is 4.74 Å². The van der Waals surface area contributed by atoms with E-state index in [0.717, 1.165) is 18.6 Å². The van der Waals surface area contributed by atoms with Gasteiger partial charge >= 0.3 is 0 Å². The van der Waals surface area contributed by atoms with E-state index in [-0.39, 0.29) is 11.2 Å². The number of carbonyl (C=O) groups is 1. The van der Waals surface area contributed by atoms with Gasteiger partial charge in [0.2, 0.25) is 0 Å². The summed E-state index contributed by atoms with van der Waals surface area (Å²) in [5, 5.41) is 0. The largest absolute Gasteiger partial charge is 0.493 e. The third kappa shape index (κ3) is 4.86. The van der Waals surface area contributed by atoms with Crippen LogP contribution in [0.1, 0.15) is 83.4 Å². The minimum absolute atomic E-state index is 0.0458. The lowest BCUT2D eigenvalue weighted by Gasteiger charge is -2.28. The average molecular weight is 304 g/mol. The molecular formula is C20H32O2. The summed E-state index contributed by atoms with van der Waals surface area (Å²) in [6.07, 6.45) is 2.57. The number of carbonyl (C=O) groups excluding carboxylic acids is 1. The van der Waals surface area contributed by atoms with E-state index in [1.807, 2.05) is 6.92 Å². The molecule has 1 atom stereocenters. The molecule has 0 fully saturated rings. The van der Waals surface area contributed by atoms with Gasteiger partial charge in [-0.1, -0.05) is 45.4 Å². The molecular weight excluding hydrogens is 272 g/mol. The molecule has 0 heterocycles. The van der Waals surface area contributed by atoms with Gasteiger partial charge in [0.05, 0.1) is 6.61 Å². The van der Waals surface area contributed by atoms with Crippen molar-refractivity contribution >= 4 is 5.78 Å². The van der Waals surface area contributed by atoms with E-state index in [9.17, 15) is 4.79 Å². The van der Waals surface area contributed by atoms with Crippen LogP contribution in [0.25, 0.3) is 0 Å². The first kappa shape index (κ1) is 18.7. The molecule has 1 unspecified atom stereocenters. The van der Waals surface area contributed by atoms with E-state index >= 15 is 0 Å². The highest BCUT2D eigenvalue weighted by atomic mass is 16.5. The maximum absolute atomic E-state index is 11.4. The zero-order chi connectivity index (χ0) is 16.9. The smallest absolute Gasteiger partial charge is 0.129 e. The monoisotopic (exact) mass is 304 g/mol. The summed E-state index contributed by atoms with van der Waals surface area (Å²) in [6.45, 7) is 15.4. The van der Waals surface area contributed by atoms with Gasteiger partial charge in [0.15, 0.2) is 0 Å². The van der Waals surface area contributed by atoms with Crippen LogP contribution in [-0.4, -0.2) is 12.4 Å². The fourth-order valence-electron chi connectivity index (χ4n) is 2.92. The number of aryl methyl sites for hydroxylation is 1. The molecule has 0 radical (unpaired) electrons. The van der Waals surface area contributed by atoms with Gasteiger partial charge in [0.25, 0.3) is 0 Å². The molecule has 0 amide bonds. The number of Topliss-reactive ketones (excluding diaryl/α,β-unsaturated/α-hetero) is 1. The second kappa shape index (κ2) is 7.80. The molecule has 0 bridgehead atoms. The normalized spacial score (nSPS) is 13.0. The van der Waals surface area contributed by atoms with Gasteiger partial charge in [0, 0.05) is 12.0 Å². The zero-order valence-corrected chi connectivity index (χ0v) is 15.4. The van der Waals surface area contributed by atoms with Crippen LogP contribution >= 0.6 is 0 Å². The van der Waals surface area contributed by atoms with Crippen LogP contribution in [-0.2, 0) is 10.2 Å². The van der Waals surface area contributed by atoms with Crippen LogP contribution in [0.3, 0.4) is 0 Å². The topological polar surface area (TPSA) is 26.3 Å². The quantitative estimate of drug-likeness (QED) is 0.659. The molecule has 0 N–H and O–H groups in total. The lowest BCUT2D eigenvalue weighted by molar-refractivity contribution is -0.117. The highest BCUT2D eigenvalue weighted by Crippen LogP contribution is 2.41. The third-order valence-corrected chi connectivity index (χ3v) is 4.14. The van der Waals surface area contributed by atoms with Crippen molar-refractivity contribution in [3.8, 4) is 5.75 Å². The molecule has 1 aromatic rings. The maximum atomic E-state index is 11.4. The van der Waals surface area contributed by atoms with E-state index in [1.165, 1.54) is 16.7 Å². The molecule has 0 aromatic heterocycles. The predicted octanol–water partition coefficient (Wildman–Crippen LogP) is 5.55. The first-order valence-electron chi connectivity index (χ1n) is 8.47. The van der Waals surface area contributed by atoms with E-state index in [2.05, 4.69) is 46.8 Å². The predicted molar refractivity (Wildman–Crippen MR) is 94.0 cm³/mol. The van der Waals surface area contributed by atoms with Gasteiger partial charge in [-0.3, -0.25) is 0 Å². The van der Waals surface area contributed by atoms with E-state index < -0.39 is 0 Å². The Bertz CT molecular complexity index is 509. The Morgan fingerprint density at radius 3 is 2.32 bits per heavy atom. The van der Waals surface area contributed by atoms with Crippen molar-refractivity contribution in [3.05, 3.63) is 28.8 Å². The summed E-state index contributed by atoms with van der Waals surface area (Å²) in [4.78, 5) is 11.4. The van der Waals surface area contributed by atoms with Crippen LogP contribution in [0.5, 0.6) is 5.75 Å². The Kier molecular flexibility index (Phi) is 6.65. The van der Waals surface area contributed by atoms with Gasteiger partial charge in [-0.05, 0) is 50.5 Å². The second-order valence-electron chi connectivity index (χ2n) is 7.26.